The van der Waals surface area contributed by atoms with E-state index in [0.717, 1.165) is 34.6 Å². The van der Waals surface area contributed by atoms with E-state index in [-0.39, 0.29) is 0 Å². The molecular weight excluding hydrogens is 240 g/mol. The highest BCUT2D eigenvalue weighted by Gasteiger charge is 2.13. The van der Waals surface area contributed by atoms with Gasteiger partial charge in [-0.1, -0.05) is 13.8 Å². The van der Waals surface area contributed by atoms with Crippen molar-refractivity contribution in [2.24, 2.45) is 0 Å². The fraction of sp³-hybridized carbons (Fsp3) is 0.333. The van der Waals surface area contributed by atoms with Crippen LogP contribution in [-0.4, -0.2) is 23.4 Å². The molecule has 1 heterocycles. The molecule has 1 N–H and O–H groups in total. The van der Waals surface area contributed by atoms with Crippen LogP contribution in [0.15, 0.2) is 18.2 Å². The van der Waals surface area contributed by atoms with Gasteiger partial charge in [0.15, 0.2) is 12.1 Å². The molecule has 0 saturated carbocycles. The van der Waals surface area contributed by atoms with Crippen molar-refractivity contribution in [2.45, 2.75) is 26.7 Å². The van der Waals surface area contributed by atoms with Gasteiger partial charge in [-0.3, -0.25) is 4.79 Å². The van der Waals surface area contributed by atoms with Crippen molar-refractivity contribution in [2.75, 3.05) is 7.11 Å². The zero-order valence-corrected chi connectivity index (χ0v) is 11.7. The molecule has 0 amide bonds. The van der Waals surface area contributed by atoms with Crippen molar-refractivity contribution < 1.29 is 9.53 Å². The summed E-state index contributed by atoms with van der Waals surface area (Å²) < 4.78 is 5.37. The number of benzene rings is 1. The van der Waals surface area contributed by atoms with Crippen LogP contribution in [0.3, 0.4) is 0 Å². The minimum atomic E-state index is 0.356. The lowest BCUT2D eigenvalue weighted by Crippen LogP contribution is -1.95. The predicted octanol–water partition coefficient (Wildman–Crippen LogP) is 3.33. The van der Waals surface area contributed by atoms with Crippen LogP contribution in [0.5, 0.6) is 5.75 Å². The van der Waals surface area contributed by atoms with Gasteiger partial charge in [-0.05, 0) is 36.6 Å². The highest BCUT2D eigenvalue weighted by molar-refractivity contribution is 5.73. The van der Waals surface area contributed by atoms with Crippen LogP contribution in [0.2, 0.25) is 0 Å². The lowest BCUT2D eigenvalue weighted by Gasteiger charge is -2.13. The van der Waals surface area contributed by atoms with Gasteiger partial charge in [-0.25, -0.2) is 4.98 Å². The predicted molar refractivity (Wildman–Crippen MR) is 74.8 cm³/mol. The Morgan fingerprint density at radius 3 is 2.63 bits per heavy atom. The summed E-state index contributed by atoms with van der Waals surface area (Å²) in [6, 6.07) is 5.98. The van der Waals surface area contributed by atoms with Crippen LogP contribution in [0.25, 0.3) is 11.3 Å². The number of hydrogen-bond donors (Lipinski definition) is 1. The highest BCUT2D eigenvalue weighted by Crippen LogP contribution is 2.31. The third kappa shape index (κ3) is 2.52. The largest absolute Gasteiger partial charge is 0.496 e. The van der Waals surface area contributed by atoms with E-state index in [2.05, 4.69) is 29.9 Å². The van der Waals surface area contributed by atoms with Crippen LogP contribution in [0.4, 0.5) is 0 Å². The summed E-state index contributed by atoms with van der Waals surface area (Å²) in [6.07, 6.45) is 0.726. The summed E-state index contributed by atoms with van der Waals surface area (Å²) in [5.41, 5.74) is 3.83. The number of aryl methyl sites for hydroxylation is 1. The van der Waals surface area contributed by atoms with E-state index in [1.165, 1.54) is 0 Å². The molecule has 4 nitrogen and oxygen atoms in total. The van der Waals surface area contributed by atoms with Crippen LogP contribution in [0.1, 0.15) is 41.6 Å². The third-order valence-electron chi connectivity index (χ3n) is 3.14. The Morgan fingerprint density at radius 2 is 2.11 bits per heavy atom. The molecular formula is C15H18N2O2. The van der Waals surface area contributed by atoms with E-state index in [1.54, 1.807) is 7.11 Å². The maximum absolute atomic E-state index is 10.8. The van der Waals surface area contributed by atoms with Gasteiger partial charge < -0.3 is 9.72 Å². The number of nitrogens with zero attached hydrogens (tertiary/aromatic N) is 1. The van der Waals surface area contributed by atoms with E-state index >= 15 is 0 Å². The third-order valence-corrected chi connectivity index (χ3v) is 3.14. The number of carbonyl (C=O) groups is 1. The zero-order chi connectivity index (χ0) is 14.0. The van der Waals surface area contributed by atoms with E-state index in [4.69, 9.17) is 4.74 Å². The van der Waals surface area contributed by atoms with Crippen molar-refractivity contribution >= 4 is 6.29 Å². The van der Waals surface area contributed by atoms with Crippen molar-refractivity contribution in [1.82, 2.24) is 9.97 Å². The summed E-state index contributed by atoms with van der Waals surface area (Å²) >= 11 is 0. The average Bonchev–Trinajstić information content (AvgIpc) is 2.79. The first-order valence-electron chi connectivity index (χ1n) is 6.27. The second-order valence-electron chi connectivity index (χ2n) is 4.82. The first-order valence-corrected chi connectivity index (χ1v) is 6.27. The molecule has 1 aromatic carbocycles. The number of methoxy groups -OCH3 is 1. The SMILES string of the molecule is COc1ccc(-c2nc(C=O)[nH]c2C)cc1C(C)C. The number of aromatic amines is 1. The molecule has 0 fully saturated rings. The number of nitrogens with one attached hydrogen (secondary N) is 1. The van der Waals surface area contributed by atoms with E-state index in [1.807, 2.05) is 19.1 Å². The van der Waals surface area contributed by atoms with Crippen molar-refractivity contribution in [3.63, 3.8) is 0 Å². The molecule has 0 radical (unpaired) electrons. The van der Waals surface area contributed by atoms with E-state index < -0.39 is 0 Å². The van der Waals surface area contributed by atoms with Gasteiger partial charge >= 0.3 is 0 Å². The maximum Gasteiger partial charge on any atom is 0.185 e. The van der Waals surface area contributed by atoms with Crippen LogP contribution < -0.4 is 4.74 Å². The Hall–Kier alpha value is -2.10. The summed E-state index contributed by atoms with van der Waals surface area (Å²) in [6.45, 7) is 6.15. The molecule has 0 bridgehead atoms. The summed E-state index contributed by atoms with van der Waals surface area (Å²) in [5, 5.41) is 0. The second-order valence-corrected chi connectivity index (χ2v) is 4.82. The Morgan fingerprint density at radius 1 is 1.37 bits per heavy atom. The average molecular weight is 258 g/mol. The van der Waals surface area contributed by atoms with Crippen molar-refractivity contribution in [3.8, 4) is 17.0 Å². The van der Waals surface area contributed by atoms with Crippen molar-refractivity contribution in [1.29, 1.82) is 0 Å². The van der Waals surface area contributed by atoms with Gasteiger partial charge in [-0.15, -0.1) is 0 Å². The number of aldehydes is 1. The van der Waals surface area contributed by atoms with E-state index in [9.17, 15) is 4.79 Å². The molecule has 0 aliphatic carbocycles. The van der Waals surface area contributed by atoms with Gasteiger partial charge in [0.05, 0.1) is 12.8 Å². The zero-order valence-electron chi connectivity index (χ0n) is 11.7. The summed E-state index contributed by atoms with van der Waals surface area (Å²) in [5.74, 6) is 1.59. The summed E-state index contributed by atoms with van der Waals surface area (Å²) in [7, 11) is 1.67. The number of H-pyrrole nitrogens is 1. The van der Waals surface area contributed by atoms with Gasteiger partial charge in [0, 0.05) is 11.3 Å². The maximum atomic E-state index is 10.8. The smallest absolute Gasteiger partial charge is 0.185 e. The topological polar surface area (TPSA) is 55.0 Å². The quantitative estimate of drug-likeness (QED) is 0.856. The number of imidazole rings is 1. The van der Waals surface area contributed by atoms with Crippen molar-refractivity contribution in [3.05, 3.63) is 35.3 Å². The van der Waals surface area contributed by atoms with Crippen LogP contribution in [-0.2, 0) is 0 Å². The Bertz CT molecular complexity index is 600. The molecule has 19 heavy (non-hydrogen) atoms. The molecule has 0 atom stereocenters. The van der Waals surface area contributed by atoms with Crippen LogP contribution >= 0.6 is 0 Å². The molecule has 0 spiro atoms. The van der Waals surface area contributed by atoms with Crippen LogP contribution in [0, 0.1) is 6.92 Å². The number of rotatable bonds is 4. The molecule has 1 aromatic heterocycles. The fourth-order valence-electron chi connectivity index (χ4n) is 2.15. The molecule has 0 aliphatic rings. The van der Waals surface area contributed by atoms with Gasteiger partial charge in [0.2, 0.25) is 0 Å². The number of hydrogen-bond acceptors (Lipinski definition) is 3. The first-order chi connectivity index (χ1) is 9.06. The van der Waals surface area contributed by atoms with Gasteiger partial charge in [0.25, 0.3) is 0 Å². The Kier molecular flexibility index (Phi) is 3.69. The normalized spacial score (nSPS) is 10.8. The molecule has 4 heteroatoms. The molecule has 0 saturated heterocycles. The Balaban J connectivity index is 2.53. The fourth-order valence-corrected chi connectivity index (χ4v) is 2.15. The van der Waals surface area contributed by atoms with Gasteiger partial charge in [-0.2, -0.15) is 0 Å². The minimum absolute atomic E-state index is 0.356. The summed E-state index contributed by atoms with van der Waals surface area (Å²) in [4.78, 5) is 18.0. The number of aromatic nitrogens is 2. The molecule has 2 aromatic rings. The molecule has 0 unspecified atom stereocenters. The lowest BCUT2D eigenvalue weighted by molar-refractivity contribution is 0.111. The molecule has 0 aliphatic heterocycles. The lowest BCUT2D eigenvalue weighted by atomic mass is 9.98. The number of ether oxygens (including phenoxy) is 1. The standard InChI is InChI=1S/C15H18N2O2/c1-9(2)12-7-11(5-6-13(12)19-4)15-10(3)16-14(8-18)17-15/h5-9H,1-4H3,(H,16,17). The molecule has 2 rings (SSSR count). The number of carbonyl (C=O) groups excluding carboxylic acids is 1. The Labute approximate surface area is 112 Å². The highest BCUT2D eigenvalue weighted by atomic mass is 16.5. The van der Waals surface area contributed by atoms with Gasteiger partial charge in [0.1, 0.15) is 5.75 Å². The van der Waals surface area contributed by atoms with E-state index in [0.29, 0.717) is 11.7 Å². The second kappa shape index (κ2) is 5.26. The monoisotopic (exact) mass is 258 g/mol. The molecule has 100 valence electrons. The minimum Gasteiger partial charge on any atom is -0.496 e. The first kappa shape index (κ1) is 13.3.